The van der Waals surface area contributed by atoms with Crippen molar-refractivity contribution in [3.8, 4) is 0 Å². The summed E-state index contributed by atoms with van der Waals surface area (Å²) in [4.78, 5) is 0. The number of aliphatic hydroxyl groups excluding tert-OH is 1. The molecule has 0 spiro atoms. The van der Waals surface area contributed by atoms with Crippen molar-refractivity contribution in [1.29, 1.82) is 0 Å². The van der Waals surface area contributed by atoms with Crippen LogP contribution in [0, 0.1) is 0 Å². The zero-order valence-electron chi connectivity index (χ0n) is 16.6. The Bertz CT molecular complexity index is 1200. The van der Waals surface area contributed by atoms with E-state index in [1.807, 2.05) is 48.5 Å². The van der Waals surface area contributed by atoms with Gasteiger partial charge in [-0.2, -0.15) is 0 Å². The van der Waals surface area contributed by atoms with Crippen LogP contribution in [-0.4, -0.2) is 5.11 Å². The average Bonchev–Trinajstić information content (AvgIpc) is 3.14. The Balaban J connectivity index is 1.86. The number of hydrogen-bond acceptors (Lipinski definition) is 1. The smallest absolute Gasteiger partial charge is 0.113 e. The van der Waals surface area contributed by atoms with Crippen molar-refractivity contribution < 1.29 is 5.11 Å². The first-order chi connectivity index (χ1) is 14.8. The fraction of sp³-hybridized carbons (Fsp3) is 0.0345. The van der Waals surface area contributed by atoms with Crippen LogP contribution in [-0.2, 0) is 0 Å². The van der Waals surface area contributed by atoms with E-state index in [0.29, 0.717) is 5.76 Å². The van der Waals surface area contributed by atoms with Gasteiger partial charge in [-0.25, -0.2) is 0 Å². The van der Waals surface area contributed by atoms with Gasteiger partial charge in [0.05, 0.1) is 5.92 Å². The summed E-state index contributed by atoms with van der Waals surface area (Å²) in [7, 11) is 0. The van der Waals surface area contributed by atoms with Crippen LogP contribution >= 0.6 is 0 Å². The van der Waals surface area contributed by atoms with Crippen molar-refractivity contribution in [3.05, 3.63) is 149 Å². The summed E-state index contributed by atoms with van der Waals surface area (Å²) in [5, 5.41) is 11.7. The minimum Gasteiger partial charge on any atom is -0.511 e. The Labute approximate surface area is 177 Å². The second-order valence-electron chi connectivity index (χ2n) is 7.49. The molecule has 4 aromatic carbocycles. The zero-order chi connectivity index (χ0) is 20.3. The van der Waals surface area contributed by atoms with Gasteiger partial charge in [0.2, 0.25) is 0 Å². The third-order valence-corrected chi connectivity index (χ3v) is 5.68. The molecule has 144 valence electrons. The van der Waals surface area contributed by atoms with E-state index in [2.05, 4.69) is 72.8 Å². The minimum absolute atomic E-state index is 0.209. The van der Waals surface area contributed by atoms with Gasteiger partial charge in [-0.1, -0.05) is 121 Å². The Morgan fingerprint density at radius 1 is 0.433 bits per heavy atom. The number of benzene rings is 4. The second-order valence-corrected chi connectivity index (χ2v) is 7.49. The van der Waals surface area contributed by atoms with Gasteiger partial charge < -0.3 is 5.11 Å². The summed E-state index contributed by atoms with van der Waals surface area (Å²) in [5.41, 5.74) is 7.51. The lowest BCUT2D eigenvalue weighted by molar-refractivity contribution is 0.393. The fourth-order valence-electron chi connectivity index (χ4n) is 4.39. The highest BCUT2D eigenvalue weighted by atomic mass is 16.3. The van der Waals surface area contributed by atoms with Crippen molar-refractivity contribution in [3.63, 3.8) is 0 Å². The van der Waals surface area contributed by atoms with E-state index in [9.17, 15) is 5.11 Å². The van der Waals surface area contributed by atoms with Crippen LogP contribution in [0.15, 0.2) is 127 Å². The molecule has 0 bridgehead atoms. The maximum absolute atomic E-state index is 11.7. The molecular weight excluding hydrogens is 364 g/mol. The van der Waals surface area contributed by atoms with E-state index in [4.69, 9.17) is 0 Å². The molecule has 1 aliphatic carbocycles. The lowest BCUT2D eigenvalue weighted by Crippen LogP contribution is -2.02. The molecule has 1 atom stereocenters. The summed E-state index contributed by atoms with van der Waals surface area (Å²) >= 11 is 0. The minimum atomic E-state index is -0.209. The van der Waals surface area contributed by atoms with Gasteiger partial charge in [-0.3, -0.25) is 0 Å². The molecule has 0 aliphatic heterocycles. The summed E-state index contributed by atoms with van der Waals surface area (Å²) in [6.07, 6.45) is 0. The molecule has 1 unspecified atom stereocenters. The third-order valence-electron chi connectivity index (χ3n) is 5.68. The quantitative estimate of drug-likeness (QED) is 0.388. The summed E-state index contributed by atoms with van der Waals surface area (Å²) in [6, 6.07) is 41.3. The van der Waals surface area contributed by atoms with Crippen LogP contribution < -0.4 is 0 Å². The van der Waals surface area contributed by atoms with Gasteiger partial charge in [0.15, 0.2) is 0 Å². The van der Waals surface area contributed by atoms with E-state index in [0.717, 1.165) is 39.0 Å². The molecular formula is C29H22O. The fourth-order valence-corrected chi connectivity index (χ4v) is 4.39. The summed E-state index contributed by atoms with van der Waals surface area (Å²) in [5.74, 6) is 0.198. The largest absolute Gasteiger partial charge is 0.511 e. The van der Waals surface area contributed by atoms with Gasteiger partial charge in [0.25, 0.3) is 0 Å². The molecule has 0 heterocycles. The maximum Gasteiger partial charge on any atom is 0.113 e. The zero-order valence-corrected chi connectivity index (χ0v) is 16.6. The first kappa shape index (κ1) is 18.2. The van der Waals surface area contributed by atoms with Crippen LogP contribution in [0.2, 0.25) is 0 Å². The lowest BCUT2D eigenvalue weighted by Gasteiger charge is -2.18. The Morgan fingerprint density at radius 2 is 0.833 bits per heavy atom. The average molecular weight is 386 g/mol. The number of hydrogen-bond donors (Lipinski definition) is 1. The van der Waals surface area contributed by atoms with Crippen LogP contribution in [0.5, 0.6) is 0 Å². The van der Waals surface area contributed by atoms with Gasteiger partial charge >= 0.3 is 0 Å². The predicted octanol–water partition coefficient (Wildman–Crippen LogP) is 7.36. The number of rotatable bonds is 4. The SMILES string of the molecule is OC1=C(c2ccccc2)C(c2ccccc2)=C(c2ccccc2)C1c1ccccc1. The Kier molecular flexibility index (Phi) is 4.78. The van der Waals surface area contributed by atoms with E-state index in [1.165, 1.54) is 0 Å². The number of aliphatic hydroxyl groups is 1. The molecule has 0 aromatic heterocycles. The molecule has 1 aliphatic rings. The van der Waals surface area contributed by atoms with Crippen molar-refractivity contribution in [2.24, 2.45) is 0 Å². The topological polar surface area (TPSA) is 20.2 Å². The van der Waals surface area contributed by atoms with Crippen molar-refractivity contribution >= 4 is 16.7 Å². The summed E-state index contributed by atoms with van der Waals surface area (Å²) in [6.45, 7) is 0. The van der Waals surface area contributed by atoms with Crippen LogP contribution in [0.4, 0.5) is 0 Å². The molecule has 30 heavy (non-hydrogen) atoms. The number of allylic oxidation sites excluding steroid dienone is 3. The van der Waals surface area contributed by atoms with Crippen molar-refractivity contribution in [1.82, 2.24) is 0 Å². The van der Waals surface area contributed by atoms with Crippen LogP contribution in [0.25, 0.3) is 16.7 Å². The molecule has 1 heteroatoms. The van der Waals surface area contributed by atoms with E-state index >= 15 is 0 Å². The first-order valence-corrected chi connectivity index (χ1v) is 10.2. The van der Waals surface area contributed by atoms with Gasteiger partial charge in [-0.05, 0) is 33.4 Å². The molecule has 0 saturated carbocycles. The molecule has 0 amide bonds. The highest BCUT2D eigenvalue weighted by molar-refractivity contribution is 6.20. The molecule has 5 rings (SSSR count). The Hall–Kier alpha value is -3.84. The van der Waals surface area contributed by atoms with Crippen LogP contribution in [0.1, 0.15) is 28.2 Å². The molecule has 0 saturated heterocycles. The second kappa shape index (κ2) is 7.88. The van der Waals surface area contributed by atoms with Gasteiger partial charge in [0.1, 0.15) is 5.76 Å². The predicted molar refractivity (Wildman–Crippen MR) is 125 cm³/mol. The van der Waals surface area contributed by atoms with Gasteiger partial charge in [-0.15, -0.1) is 0 Å². The molecule has 0 fully saturated rings. The normalized spacial score (nSPS) is 16.2. The van der Waals surface area contributed by atoms with Gasteiger partial charge in [0, 0.05) is 5.57 Å². The maximum atomic E-state index is 11.7. The molecule has 0 radical (unpaired) electrons. The van der Waals surface area contributed by atoms with Crippen LogP contribution in [0.3, 0.4) is 0 Å². The monoisotopic (exact) mass is 386 g/mol. The summed E-state index contributed by atoms with van der Waals surface area (Å²) < 4.78 is 0. The van der Waals surface area contributed by atoms with Crippen molar-refractivity contribution in [2.75, 3.05) is 0 Å². The molecule has 1 N–H and O–H groups in total. The third kappa shape index (κ3) is 3.15. The Morgan fingerprint density at radius 3 is 1.33 bits per heavy atom. The van der Waals surface area contributed by atoms with Crippen molar-refractivity contribution in [2.45, 2.75) is 5.92 Å². The molecule has 1 nitrogen and oxygen atoms in total. The van der Waals surface area contributed by atoms with E-state index in [1.54, 1.807) is 0 Å². The lowest BCUT2D eigenvalue weighted by atomic mass is 9.85. The van der Waals surface area contributed by atoms with E-state index in [-0.39, 0.29) is 5.92 Å². The van der Waals surface area contributed by atoms with E-state index < -0.39 is 0 Å². The molecule has 4 aromatic rings. The highest BCUT2D eigenvalue weighted by Crippen LogP contribution is 2.54. The first-order valence-electron chi connectivity index (χ1n) is 10.2. The standard InChI is InChI=1S/C29H22O/c30-29-27(23-17-9-3-10-18-23)25(21-13-5-1-6-14-21)26(22-15-7-2-8-16-22)28(29)24-19-11-4-12-20-24/h1-20,27,30H. The highest BCUT2D eigenvalue weighted by Gasteiger charge is 2.36.